The van der Waals surface area contributed by atoms with E-state index >= 15 is 0 Å². The topological polar surface area (TPSA) is 72.9 Å². The van der Waals surface area contributed by atoms with Gasteiger partial charge in [0.2, 0.25) is 0 Å². The number of hydrogen-bond acceptors (Lipinski definition) is 5. The van der Waals surface area contributed by atoms with Crippen molar-refractivity contribution < 1.29 is 0 Å². The Morgan fingerprint density at radius 2 is 2.17 bits per heavy atom. The Hall–Kier alpha value is -2.11. The van der Waals surface area contributed by atoms with E-state index in [2.05, 4.69) is 31.3 Å². The second kappa shape index (κ2) is 4.29. The molecule has 6 nitrogen and oxygen atoms in total. The van der Waals surface area contributed by atoms with Crippen molar-refractivity contribution in [1.29, 1.82) is 0 Å². The average molecular weight is 244 g/mol. The van der Waals surface area contributed by atoms with Crippen LogP contribution in [-0.4, -0.2) is 26.1 Å². The van der Waals surface area contributed by atoms with Gasteiger partial charge in [-0.1, -0.05) is 6.92 Å². The first-order chi connectivity index (χ1) is 8.79. The van der Waals surface area contributed by atoms with Gasteiger partial charge in [0.1, 0.15) is 23.8 Å². The van der Waals surface area contributed by atoms with Crippen molar-refractivity contribution in [2.24, 2.45) is 0 Å². The molecule has 1 aliphatic rings. The van der Waals surface area contributed by atoms with E-state index in [1.807, 2.05) is 12.4 Å². The van der Waals surface area contributed by atoms with Gasteiger partial charge < -0.3 is 15.2 Å². The minimum absolute atomic E-state index is 0.580. The van der Waals surface area contributed by atoms with Gasteiger partial charge in [0.15, 0.2) is 0 Å². The normalized spacial score (nSPS) is 14.6. The van der Waals surface area contributed by atoms with Gasteiger partial charge in [-0.3, -0.25) is 0 Å². The van der Waals surface area contributed by atoms with Crippen molar-refractivity contribution in [2.75, 3.05) is 17.2 Å². The molecule has 0 saturated carbocycles. The summed E-state index contributed by atoms with van der Waals surface area (Å²) in [5.74, 6) is 2.59. The minimum atomic E-state index is 0.580. The van der Waals surface area contributed by atoms with Crippen LogP contribution < -0.4 is 10.6 Å². The third-order valence-corrected chi connectivity index (χ3v) is 3.35. The van der Waals surface area contributed by atoms with Gasteiger partial charge in [0.25, 0.3) is 0 Å². The molecule has 3 heterocycles. The molecule has 0 aliphatic carbocycles. The first-order valence-corrected chi connectivity index (χ1v) is 6.14. The summed E-state index contributed by atoms with van der Waals surface area (Å²) >= 11 is 0. The third-order valence-electron chi connectivity index (χ3n) is 3.35. The largest absolute Gasteiger partial charge is 0.383 e. The predicted molar refractivity (Wildman–Crippen MR) is 69.1 cm³/mol. The second-order valence-electron chi connectivity index (χ2n) is 4.37. The standard InChI is InChI=1S/C12H16N6/c1-2-9-11(13)15-8-16-12(9)18-6-5-17-4-3-14-10(17)7-18/h3-4,8H,2,5-7H2,1H3,(H2,13,15,16). The minimum Gasteiger partial charge on any atom is -0.383 e. The molecule has 0 radical (unpaired) electrons. The Morgan fingerprint density at radius 3 is 3.00 bits per heavy atom. The zero-order chi connectivity index (χ0) is 12.5. The Kier molecular flexibility index (Phi) is 2.62. The van der Waals surface area contributed by atoms with Crippen molar-refractivity contribution in [3.63, 3.8) is 0 Å². The number of aromatic nitrogens is 4. The van der Waals surface area contributed by atoms with E-state index in [9.17, 15) is 0 Å². The molecular formula is C12H16N6. The smallest absolute Gasteiger partial charge is 0.137 e. The van der Waals surface area contributed by atoms with Crippen molar-refractivity contribution in [3.05, 3.63) is 30.1 Å². The van der Waals surface area contributed by atoms with Gasteiger partial charge in [-0.05, 0) is 6.42 Å². The van der Waals surface area contributed by atoms with Crippen LogP contribution in [0.1, 0.15) is 18.3 Å². The fourth-order valence-electron chi connectivity index (χ4n) is 2.38. The van der Waals surface area contributed by atoms with Crippen LogP contribution in [-0.2, 0) is 19.5 Å². The lowest BCUT2D eigenvalue weighted by Crippen LogP contribution is -2.35. The summed E-state index contributed by atoms with van der Waals surface area (Å²) in [6.45, 7) is 4.70. The Labute approximate surface area is 105 Å². The molecule has 0 amide bonds. The summed E-state index contributed by atoms with van der Waals surface area (Å²) in [4.78, 5) is 15.0. The summed E-state index contributed by atoms with van der Waals surface area (Å²) in [6.07, 6.45) is 6.23. The van der Waals surface area contributed by atoms with E-state index in [0.717, 1.165) is 43.3 Å². The van der Waals surface area contributed by atoms with Gasteiger partial charge >= 0.3 is 0 Å². The number of hydrogen-bond donors (Lipinski definition) is 1. The van der Waals surface area contributed by atoms with E-state index < -0.39 is 0 Å². The zero-order valence-electron chi connectivity index (χ0n) is 10.4. The number of nitrogen functional groups attached to an aromatic ring is 1. The molecule has 0 aromatic carbocycles. The van der Waals surface area contributed by atoms with Crippen molar-refractivity contribution in [3.8, 4) is 0 Å². The highest BCUT2D eigenvalue weighted by Gasteiger charge is 2.20. The highest BCUT2D eigenvalue weighted by Crippen LogP contribution is 2.25. The lowest BCUT2D eigenvalue weighted by Gasteiger charge is -2.30. The first-order valence-electron chi connectivity index (χ1n) is 6.14. The molecule has 3 rings (SSSR count). The fraction of sp³-hybridized carbons (Fsp3) is 0.417. The van der Waals surface area contributed by atoms with Crippen LogP contribution in [0.4, 0.5) is 11.6 Å². The van der Waals surface area contributed by atoms with Crippen LogP contribution >= 0.6 is 0 Å². The molecule has 1 aliphatic heterocycles. The third kappa shape index (κ3) is 1.70. The molecule has 18 heavy (non-hydrogen) atoms. The molecule has 0 fully saturated rings. The molecule has 0 bridgehead atoms. The number of fused-ring (bicyclic) bond motifs is 1. The maximum absolute atomic E-state index is 5.91. The van der Waals surface area contributed by atoms with Crippen molar-refractivity contribution in [2.45, 2.75) is 26.4 Å². The number of nitrogens with zero attached hydrogens (tertiary/aromatic N) is 5. The summed E-state index contributed by atoms with van der Waals surface area (Å²) in [5, 5.41) is 0. The molecule has 0 unspecified atom stereocenters. The molecule has 6 heteroatoms. The van der Waals surface area contributed by atoms with Crippen LogP contribution in [0.5, 0.6) is 0 Å². The maximum Gasteiger partial charge on any atom is 0.137 e. The van der Waals surface area contributed by atoms with Crippen molar-refractivity contribution >= 4 is 11.6 Å². The molecule has 0 spiro atoms. The molecule has 2 aromatic rings. The van der Waals surface area contributed by atoms with Crippen LogP contribution in [0.25, 0.3) is 0 Å². The molecular weight excluding hydrogens is 228 g/mol. The van der Waals surface area contributed by atoms with Gasteiger partial charge in [-0.15, -0.1) is 0 Å². The lowest BCUT2D eigenvalue weighted by atomic mass is 10.2. The molecule has 0 saturated heterocycles. The molecule has 2 N–H and O–H groups in total. The van der Waals surface area contributed by atoms with E-state index in [-0.39, 0.29) is 0 Å². The van der Waals surface area contributed by atoms with Crippen molar-refractivity contribution in [1.82, 2.24) is 19.5 Å². The highest BCUT2D eigenvalue weighted by molar-refractivity contribution is 5.56. The number of nitrogens with two attached hydrogens (primary N) is 1. The van der Waals surface area contributed by atoms with Crippen LogP contribution in [0, 0.1) is 0 Å². The van der Waals surface area contributed by atoms with E-state index in [0.29, 0.717) is 5.82 Å². The summed E-state index contributed by atoms with van der Waals surface area (Å²) < 4.78 is 2.17. The molecule has 94 valence electrons. The summed E-state index contributed by atoms with van der Waals surface area (Å²) in [7, 11) is 0. The van der Waals surface area contributed by atoms with Crippen LogP contribution in [0.15, 0.2) is 18.7 Å². The fourth-order valence-corrected chi connectivity index (χ4v) is 2.38. The van der Waals surface area contributed by atoms with Gasteiger partial charge in [0, 0.05) is 31.0 Å². The zero-order valence-corrected chi connectivity index (χ0v) is 10.4. The van der Waals surface area contributed by atoms with E-state index in [1.54, 1.807) is 0 Å². The van der Waals surface area contributed by atoms with Crippen LogP contribution in [0.2, 0.25) is 0 Å². The Morgan fingerprint density at radius 1 is 1.28 bits per heavy atom. The number of anilines is 2. The molecule has 0 atom stereocenters. The molecule has 2 aromatic heterocycles. The van der Waals surface area contributed by atoms with Gasteiger partial charge in [-0.2, -0.15) is 0 Å². The van der Waals surface area contributed by atoms with Crippen LogP contribution in [0.3, 0.4) is 0 Å². The predicted octanol–water partition coefficient (Wildman–Crippen LogP) is 0.838. The number of imidazole rings is 1. The SMILES string of the molecule is CCc1c(N)ncnc1N1CCn2ccnc2C1. The number of rotatable bonds is 2. The van der Waals surface area contributed by atoms with Gasteiger partial charge in [-0.25, -0.2) is 15.0 Å². The first kappa shape index (κ1) is 11.0. The van der Waals surface area contributed by atoms with E-state index in [1.165, 1.54) is 6.33 Å². The van der Waals surface area contributed by atoms with Gasteiger partial charge in [0.05, 0.1) is 6.54 Å². The Bertz CT molecular complexity index is 561. The Balaban J connectivity index is 1.95. The monoisotopic (exact) mass is 244 g/mol. The maximum atomic E-state index is 5.91. The average Bonchev–Trinajstić information content (AvgIpc) is 2.85. The highest BCUT2D eigenvalue weighted by atomic mass is 15.3. The second-order valence-corrected chi connectivity index (χ2v) is 4.37. The quantitative estimate of drug-likeness (QED) is 0.847. The van der Waals surface area contributed by atoms with E-state index in [4.69, 9.17) is 5.73 Å². The summed E-state index contributed by atoms with van der Waals surface area (Å²) in [5.41, 5.74) is 6.94. The summed E-state index contributed by atoms with van der Waals surface area (Å²) in [6, 6.07) is 0. The lowest BCUT2D eigenvalue weighted by molar-refractivity contribution is 0.554.